The molecule has 4 aromatic rings. The van der Waals surface area contributed by atoms with Crippen LogP contribution < -0.4 is 10.6 Å². The number of thiocarbonyl (C=S) groups is 1. The number of carbonyl (C=O) groups is 1. The van der Waals surface area contributed by atoms with Gasteiger partial charge in [-0.3, -0.25) is 10.1 Å². The fourth-order valence-corrected chi connectivity index (χ4v) is 3.94. The zero-order valence-corrected chi connectivity index (χ0v) is 19.0. The van der Waals surface area contributed by atoms with Gasteiger partial charge in [0.25, 0.3) is 5.91 Å². The second kappa shape index (κ2) is 8.67. The van der Waals surface area contributed by atoms with Crippen LogP contribution in [0.1, 0.15) is 21.5 Å². The van der Waals surface area contributed by atoms with E-state index in [0.29, 0.717) is 27.7 Å². The topological polar surface area (TPSA) is 67.2 Å². The molecule has 0 radical (unpaired) electrons. The maximum atomic E-state index is 12.4. The molecular formula is C23H17Cl2N3O2S. The first kappa shape index (κ1) is 21.3. The quantitative estimate of drug-likeness (QED) is 0.333. The largest absolute Gasteiger partial charge is 0.436 e. The van der Waals surface area contributed by atoms with E-state index in [9.17, 15) is 4.79 Å². The van der Waals surface area contributed by atoms with Crippen molar-refractivity contribution in [2.75, 3.05) is 5.32 Å². The summed E-state index contributed by atoms with van der Waals surface area (Å²) in [5.74, 6) is 0.117. The van der Waals surface area contributed by atoms with Gasteiger partial charge in [-0.15, -0.1) is 0 Å². The lowest BCUT2D eigenvalue weighted by Crippen LogP contribution is -2.34. The molecule has 0 aliphatic carbocycles. The van der Waals surface area contributed by atoms with Gasteiger partial charge in [-0.05, 0) is 74.6 Å². The molecule has 4 rings (SSSR count). The fraction of sp³-hybridized carbons (Fsp3) is 0.0870. The molecule has 0 aliphatic rings. The van der Waals surface area contributed by atoms with Gasteiger partial charge in [0.05, 0.1) is 10.6 Å². The monoisotopic (exact) mass is 469 g/mol. The van der Waals surface area contributed by atoms with Crippen molar-refractivity contribution in [1.82, 2.24) is 10.3 Å². The molecule has 8 heteroatoms. The first-order valence-electron chi connectivity index (χ1n) is 9.35. The average Bonchev–Trinajstić information content (AvgIpc) is 3.10. The molecule has 0 bridgehead atoms. The molecule has 1 heterocycles. The molecule has 0 spiro atoms. The summed E-state index contributed by atoms with van der Waals surface area (Å²) in [6.07, 6.45) is 0. The molecule has 0 saturated carbocycles. The molecule has 0 atom stereocenters. The Morgan fingerprint density at radius 1 is 1.00 bits per heavy atom. The Balaban J connectivity index is 1.50. The van der Waals surface area contributed by atoms with Crippen molar-refractivity contribution < 1.29 is 9.21 Å². The number of hydrogen-bond acceptors (Lipinski definition) is 4. The number of aromatic nitrogens is 1. The van der Waals surface area contributed by atoms with Gasteiger partial charge in [0.2, 0.25) is 5.89 Å². The number of halogens is 2. The fourth-order valence-electron chi connectivity index (χ4n) is 3.23. The minimum atomic E-state index is -0.432. The lowest BCUT2D eigenvalue weighted by Gasteiger charge is -2.10. The zero-order chi connectivity index (χ0) is 22.1. The molecule has 2 N–H and O–H groups in total. The maximum Gasteiger partial charge on any atom is 0.258 e. The van der Waals surface area contributed by atoms with Crippen LogP contribution in [0.5, 0.6) is 0 Å². The Kier molecular flexibility index (Phi) is 5.96. The highest BCUT2D eigenvalue weighted by Gasteiger charge is 2.14. The Hall–Kier alpha value is -2.93. The highest BCUT2D eigenvalue weighted by atomic mass is 35.5. The van der Waals surface area contributed by atoms with Crippen molar-refractivity contribution in [2.24, 2.45) is 0 Å². The summed E-state index contributed by atoms with van der Waals surface area (Å²) in [5.41, 5.74) is 5.48. The van der Waals surface area contributed by atoms with Gasteiger partial charge < -0.3 is 9.73 Å². The van der Waals surface area contributed by atoms with Gasteiger partial charge in [0, 0.05) is 16.3 Å². The molecular weight excluding hydrogens is 453 g/mol. The number of oxazole rings is 1. The zero-order valence-electron chi connectivity index (χ0n) is 16.6. The van der Waals surface area contributed by atoms with Crippen LogP contribution in [-0.4, -0.2) is 16.0 Å². The smallest absolute Gasteiger partial charge is 0.258 e. The number of carbonyl (C=O) groups excluding carboxylic acids is 1. The Labute approximate surface area is 194 Å². The summed E-state index contributed by atoms with van der Waals surface area (Å²) in [6.45, 7) is 4.07. The number of nitrogens with zero attached hydrogens (tertiary/aromatic N) is 1. The van der Waals surface area contributed by atoms with Crippen molar-refractivity contribution in [3.63, 3.8) is 0 Å². The lowest BCUT2D eigenvalue weighted by atomic mass is 10.1. The standard InChI is InChI=1S/C23H17Cl2N3O2S/c1-12-7-13(2)9-14(8-12)22-27-19-11-16(4-6-20(19)30-22)26-23(31)28-21(29)17-5-3-15(24)10-18(17)25/h3-11H,1-2H3,(H2,26,28,29,31). The third-order valence-electron chi connectivity index (χ3n) is 4.52. The van der Waals surface area contributed by atoms with Gasteiger partial charge in [-0.2, -0.15) is 0 Å². The molecule has 31 heavy (non-hydrogen) atoms. The number of rotatable bonds is 3. The van der Waals surface area contributed by atoms with Crippen LogP contribution in [0.25, 0.3) is 22.6 Å². The Morgan fingerprint density at radius 2 is 1.74 bits per heavy atom. The molecule has 5 nitrogen and oxygen atoms in total. The molecule has 1 aromatic heterocycles. The van der Waals surface area contributed by atoms with Crippen LogP contribution in [0.4, 0.5) is 5.69 Å². The van der Waals surface area contributed by atoms with Gasteiger partial charge in [0.15, 0.2) is 10.7 Å². The van der Waals surface area contributed by atoms with E-state index in [1.165, 1.54) is 6.07 Å². The van der Waals surface area contributed by atoms with Crippen LogP contribution in [0.3, 0.4) is 0 Å². The SMILES string of the molecule is Cc1cc(C)cc(-c2nc3cc(NC(=S)NC(=O)c4ccc(Cl)cc4Cl)ccc3o2)c1. The van der Waals surface area contributed by atoms with E-state index < -0.39 is 5.91 Å². The van der Waals surface area contributed by atoms with Gasteiger partial charge in [-0.1, -0.05) is 40.4 Å². The summed E-state index contributed by atoms with van der Waals surface area (Å²) < 4.78 is 5.90. The summed E-state index contributed by atoms with van der Waals surface area (Å²) in [4.78, 5) is 17.0. The highest BCUT2D eigenvalue weighted by molar-refractivity contribution is 7.80. The third kappa shape index (κ3) is 4.88. The molecule has 0 aliphatic heterocycles. The molecule has 0 unspecified atom stereocenters. The molecule has 0 fully saturated rings. The number of amides is 1. The van der Waals surface area contributed by atoms with Crippen LogP contribution in [0.2, 0.25) is 10.0 Å². The van der Waals surface area contributed by atoms with Crippen LogP contribution >= 0.6 is 35.4 Å². The van der Waals surface area contributed by atoms with E-state index in [4.69, 9.17) is 39.8 Å². The predicted octanol–water partition coefficient (Wildman–Crippen LogP) is 6.55. The normalized spacial score (nSPS) is 10.8. The van der Waals surface area contributed by atoms with Crippen LogP contribution in [0, 0.1) is 13.8 Å². The van der Waals surface area contributed by atoms with Crippen molar-refractivity contribution in [3.05, 3.63) is 81.3 Å². The third-order valence-corrected chi connectivity index (χ3v) is 5.27. The summed E-state index contributed by atoms with van der Waals surface area (Å²) in [5, 5.41) is 6.41. The summed E-state index contributed by atoms with van der Waals surface area (Å²) in [7, 11) is 0. The lowest BCUT2D eigenvalue weighted by molar-refractivity contribution is 0.0978. The van der Waals surface area contributed by atoms with Crippen molar-refractivity contribution in [1.29, 1.82) is 0 Å². The van der Waals surface area contributed by atoms with E-state index in [0.717, 1.165) is 16.7 Å². The first-order valence-corrected chi connectivity index (χ1v) is 10.5. The number of aryl methyl sites for hydroxylation is 2. The van der Waals surface area contributed by atoms with E-state index in [1.54, 1.807) is 30.3 Å². The van der Waals surface area contributed by atoms with E-state index in [-0.39, 0.29) is 15.7 Å². The number of fused-ring (bicyclic) bond motifs is 1. The van der Waals surface area contributed by atoms with Crippen LogP contribution in [0.15, 0.2) is 59.0 Å². The molecule has 156 valence electrons. The van der Waals surface area contributed by atoms with Gasteiger partial charge >= 0.3 is 0 Å². The predicted molar refractivity (Wildman–Crippen MR) is 129 cm³/mol. The van der Waals surface area contributed by atoms with Crippen LogP contribution in [-0.2, 0) is 0 Å². The second-order valence-corrected chi connectivity index (χ2v) is 8.36. The van der Waals surface area contributed by atoms with Crippen molar-refractivity contribution in [2.45, 2.75) is 13.8 Å². The minimum Gasteiger partial charge on any atom is -0.436 e. The van der Waals surface area contributed by atoms with E-state index in [1.807, 2.05) is 26.0 Å². The minimum absolute atomic E-state index is 0.133. The van der Waals surface area contributed by atoms with E-state index in [2.05, 4.69) is 21.7 Å². The number of nitrogens with one attached hydrogen (secondary N) is 2. The Morgan fingerprint density at radius 3 is 2.45 bits per heavy atom. The molecule has 3 aromatic carbocycles. The summed E-state index contributed by atoms with van der Waals surface area (Å²) in [6, 6.07) is 16.2. The van der Waals surface area contributed by atoms with Gasteiger partial charge in [0.1, 0.15) is 5.52 Å². The summed E-state index contributed by atoms with van der Waals surface area (Å²) >= 11 is 17.2. The molecule has 0 saturated heterocycles. The number of hydrogen-bond donors (Lipinski definition) is 2. The Bertz CT molecular complexity index is 1310. The first-order chi connectivity index (χ1) is 14.8. The highest BCUT2D eigenvalue weighted by Crippen LogP contribution is 2.27. The number of anilines is 1. The second-order valence-electron chi connectivity index (χ2n) is 7.11. The average molecular weight is 470 g/mol. The van der Waals surface area contributed by atoms with E-state index >= 15 is 0 Å². The maximum absolute atomic E-state index is 12.4. The van der Waals surface area contributed by atoms with Crippen molar-refractivity contribution in [3.8, 4) is 11.5 Å². The van der Waals surface area contributed by atoms with Gasteiger partial charge in [-0.25, -0.2) is 4.98 Å². The molecule has 1 amide bonds. The number of benzene rings is 3. The van der Waals surface area contributed by atoms with Crippen molar-refractivity contribution >= 4 is 63.2 Å².